The van der Waals surface area contributed by atoms with E-state index in [-0.39, 0.29) is 5.56 Å². The molecule has 5 heteroatoms. The summed E-state index contributed by atoms with van der Waals surface area (Å²) < 4.78 is 5.89. The molecular formula is C27H36NO4. The van der Waals surface area contributed by atoms with Crippen molar-refractivity contribution in [3.8, 4) is 5.75 Å². The van der Waals surface area contributed by atoms with Crippen LogP contribution in [-0.2, 0) is 16.3 Å². The molecule has 0 aromatic heterocycles. The Bertz CT molecular complexity index is 880. The Morgan fingerprint density at radius 1 is 0.875 bits per heavy atom. The van der Waals surface area contributed by atoms with Crippen LogP contribution in [-0.4, -0.2) is 22.7 Å². The van der Waals surface area contributed by atoms with Gasteiger partial charge in [0.2, 0.25) is 0 Å². The maximum atomic E-state index is 13.5. The first-order valence-electron chi connectivity index (χ1n) is 11.9. The summed E-state index contributed by atoms with van der Waals surface area (Å²) in [5.41, 5.74) is 0.717. The molecular weight excluding hydrogens is 402 g/mol. The second kappa shape index (κ2) is 10.5. The zero-order valence-electron chi connectivity index (χ0n) is 19.6. The van der Waals surface area contributed by atoms with Crippen molar-refractivity contribution < 1.29 is 19.8 Å². The van der Waals surface area contributed by atoms with E-state index in [1.807, 2.05) is 38.1 Å². The minimum atomic E-state index is -0.962. The number of carboxylic acids is 1. The summed E-state index contributed by atoms with van der Waals surface area (Å²) in [6.45, 7) is 6.88. The van der Waals surface area contributed by atoms with Crippen LogP contribution in [0, 0.1) is 0 Å². The molecule has 1 aliphatic rings. The maximum absolute atomic E-state index is 13.5. The molecule has 32 heavy (non-hydrogen) atoms. The van der Waals surface area contributed by atoms with Crippen molar-refractivity contribution in [1.82, 2.24) is 5.06 Å². The fourth-order valence-corrected chi connectivity index (χ4v) is 4.71. The number of carboxylic acid groups (broad SMARTS) is 1. The van der Waals surface area contributed by atoms with Crippen LogP contribution in [0.15, 0.2) is 48.5 Å². The van der Waals surface area contributed by atoms with E-state index >= 15 is 0 Å². The smallest absolute Gasteiger partial charge is 0.335 e. The average Bonchev–Trinajstić information content (AvgIpc) is 3.05. The van der Waals surface area contributed by atoms with Crippen LogP contribution in [0.5, 0.6) is 5.75 Å². The summed E-state index contributed by atoms with van der Waals surface area (Å²) in [4.78, 5) is 11.1. The molecule has 0 unspecified atom stereocenters. The Morgan fingerprint density at radius 3 is 1.91 bits per heavy atom. The summed E-state index contributed by atoms with van der Waals surface area (Å²) >= 11 is 0. The molecule has 1 heterocycles. The molecule has 0 amide bonds. The highest BCUT2D eigenvalue weighted by molar-refractivity contribution is 5.87. The second-order valence-corrected chi connectivity index (χ2v) is 9.37. The van der Waals surface area contributed by atoms with Crippen LogP contribution in [0.2, 0.25) is 0 Å². The summed E-state index contributed by atoms with van der Waals surface area (Å²) in [7, 11) is 0. The maximum Gasteiger partial charge on any atom is 0.335 e. The lowest BCUT2D eigenvalue weighted by molar-refractivity contribution is -0.260. The largest absolute Gasteiger partial charge is 0.494 e. The molecule has 1 fully saturated rings. The van der Waals surface area contributed by atoms with Crippen LogP contribution in [0.3, 0.4) is 0 Å². The van der Waals surface area contributed by atoms with Crippen molar-refractivity contribution in [3.05, 3.63) is 65.2 Å². The standard InChI is InChI=1S/C27H36NO4/c1-4-5-6-7-8-9-20-32-24-16-14-23(15-17-24)27(3)19-18-26(2,28(27)31)22-12-10-21(11-13-22)25(29)30/h10-17H,4-9,18-20H2,1-3H3,(H,29,30)/t26-,27-/m0/s1. The number of benzene rings is 2. The Morgan fingerprint density at radius 2 is 1.38 bits per heavy atom. The number of hydroxylamine groups is 2. The Hall–Kier alpha value is -2.37. The van der Waals surface area contributed by atoms with Gasteiger partial charge in [-0.15, -0.1) is 10.3 Å². The van der Waals surface area contributed by atoms with E-state index in [9.17, 15) is 10.0 Å². The highest BCUT2D eigenvalue weighted by Crippen LogP contribution is 2.51. The normalized spacial score (nSPS) is 23.4. The molecule has 2 aromatic rings. The first kappa shape index (κ1) is 24.3. The van der Waals surface area contributed by atoms with Gasteiger partial charge in [0.15, 0.2) is 0 Å². The molecule has 2 aromatic carbocycles. The van der Waals surface area contributed by atoms with Crippen molar-refractivity contribution in [1.29, 1.82) is 0 Å². The van der Waals surface area contributed by atoms with E-state index in [1.54, 1.807) is 24.3 Å². The number of unbranched alkanes of at least 4 members (excludes halogenated alkanes) is 5. The van der Waals surface area contributed by atoms with E-state index < -0.39 is 17.0 Å². The van der Waals surface area contributed by atoms with Crippen LogP contribution >= 0.6 is 0 Å². The number of ether oxygens (including phenoxy) is 1. The van der Waals surface area contributed by atoms with E-state index in [2.05, 4.69) is 6.92 Å². The number of rotatable bonds is 11. The molecule has 0 bridgehead atoms. The van der Waals surface area contributed by atoms with Crippen molar-refractivity contribution in [2.24, 2.45) is 0 Å². The topological polar surface area (TPSA) is 69.7 Å². The minimum Gasteiger partial charge on any atom is -0.494 e. The summed E-state index contributed by atoms with van der Waals surface area (Å²) in [5, 5.41) is 23.9. The van der Waals surface area contributed by atoms with Crippen LogP contribution in [0.1, 0.15) is 93.6 Å². The molecule has 2 atom stereocenters. The third-order valence-electron chi connectivity index (χ3n) is 6.99. The molecule has 5 nitrogen and oxygen atoms in total. The molecule has 1 aliphatic heterocycles. The van der Waals surface area contributed by atoms with Gasteiger partial charge < -0.3 is 9.84 Å². The van der Waals surface area contributed by atoms with Crippen LogP contribution in [0.4, 0.5) is 0 Å². The molecule has 1 radical (unpaired) electrons. The first-order valence-corrected chi connectivity index (χ1v) is 11.9. The van der Waals surface area contributed by atoms with Gasteiger partial charge in [-0.3, -0.25) is 0 Å². The van der Waals surface area contributed by atoms with Gasteiger partial charge >= 0.3 is 5.97 Å². The van der Waals surface area contributed by atoms with Gasteiger partial charge in [-0.05, 0) is 68.5 Å². The van der Waals surface area contributed by atoms with E-state index in [4.69, 9.17) is 9.84 Å². The number of carbonyl (C=O) groups is 1. The van der Waals surface area contributed by atoms with Crippen molar-refractivity contribution in [2.75, 3.05) is 6.61 Å². The van der Waals surface area contributed by atoms with E-state index in [1.165, 1.54) is 37.2 Å². The van der Waals surface area contributed by atoms with Crippen molar-refractivity contribution in [2.45, 2.75) is 83.2 Å². The van der Waals surface area contributed by atoms with Gasteiger partial charge in [0.05, 0.1) is 23.2 Å². The van der Waals surface area contributed by atoms with E-state index in [0.717, 1.165) is 36.3 Å². The van der Waals surface area contributed by atoms with Gasteiger partial charge in [0, 0.05) is 0 Å². The number of hydrogen-bond acceptors (Lipinski definition) is 3. The lowest BCUT2D eigenvalue weighted by Crippen LogP contribution is -2.44. The SMILES string of the molecule is CCCCCCCCOc1ccc([C@]2(C)CC[C@@](C)(c3ccc(C(=O)O)cc3)N2[O])cc1. The van der Waals surface area contributed by atoms with Gasteiger partial charge in [0.25, 0.3) is 0 Å². The third kappa shape index (κ3) is 5.16. The van der Waals surface area contributed by atoms with Gasteiger partial charge in [-0.25, -0.2) is 4.79 Å². The van der Waals surface area contributed by atoms with Crippen LogP contribution < -0.4 is 4.74 Å². The van der Waals surface area contributed by atoms with Gasteiger partial charge in [-0.2, -0.15) is 0 Å². The Kier molecular flexibility index (Phi) is 7.96. The van der Waals surface area contributed by atoms with Crippen LogP contribution in [0.25, 0.3) is 0 Å². The Labute approximate surface area is 192 Å². The predicted octanol–water partition coefficient (Wildman–Crippen LogP) is 6.70. The van der Waals surface area contributed by atoms with E-state index in [0.29, 0.717) is 6.42 Å². The second-order valence-electron chi connectivity index (χ2n) is 9.37. The highest BCUT2D eigenvalue weighted by Gasteiger charge is 2.52. The van der Waals surface area contributed by atoms with Gasteiger partial charge in [-0.1, -0.05) is 63.3 Å². The average molecular weight is 439 g/mol. The zero-order chi connectivity index (χ0) is 23.2. The number of aromatic carboxylic acids is 1. The monoisotopic (exact) mass is 438 g/mol. The quantitative estimate of drug-likeness (QED) is 0.397. The summed E-state index contributed by atoms with van der Waals surface area (Å²) in [6.07, 6.45) is 8.85. The highest BCUT2D eigenvalue weighted by atomic mass is 16.5. The molecule has 0 saturated carbocycles. The zero-order valence-corrected chi connectivity index (χ0v) is 19.6. The van der Waals surface area contributed by atoms with Crippen molar-refractivity contribution >= 4 is 5.97 Å². The lowest BCUT2D eigenvalue weighted by Gasteiger charge is -2.37. The third-order valence-corrected chi connectivity index (χ3v) is 6.99. The van der Waals surface area contributed by atoms with Crippen molar-refractivity contribution in [3.63, 3.8) is 0 Å². The molecule has 1 saturated heterocycles. The fourth-order valence-electron chi connectivity index (χ4n) is 4.71. The Balaban J connectivity index is 1.62. The molecule has 173 valence electrons. The predicted molar refractivity (Wildman–Crippen MR) is 125 cm³/mol. The first-order chi connectivity index (χ1) is 15.3. The molecule has 0 spiro atoms. The number of hydrogen-bond donors (Lipinski definition) is 1. The number of nitrogens with zero attached hydrogens (tertiary/aromatic N) is 1. The minimum absolute atomic E-state index is 0.229. The summed E-state index contributed by atoms with van der Waals surface area (Å²) in [6, 6.07) is 14.6. The lowest BCUT2D eigenvalue weighted by atomic mass is 9.89. The molecule has 1 N–H and O–H groups in total. The summed E-state index contributed by atoms with van der Waals surface area (Å²) in [5.74, 6) is -0.121. The fraction of sp³-hybridized carbons (Fsp3) is 0.519. The molecule has 3 rings (SSSR count). The van der Waals surface area contributed by atoms with Gasteiger partial charge in [0.1, 0.15) is 5.75 Å². The molecule has 0 aliphatic carbocycles.